The van der Waals surface area contributed by atoms with Crippen molar-refractivity contribution in [2.24, 2.45) is 28.2 Å². The molecule has 13 rings (SSSR count). The third kappa shape index (κ3) is 4.97. The quantitative estimate of drug-likeness (QED) is 0.224. The maximum Gasteiger partial charge on any atom is 0.328 e. The summed E-state index contributed by atoms with van der Waals surface area (Å²) in [6, 6.07) is 15.5. The van der Waals surface area contributed by atoms with Crippen LogP contribution in [0.2, 0.25) is 0 Å². The van der Waals surface area contributed by atoms with Crippen LogP contribution in [0.15, 0.2) is 67.7 Å². The van der Waals surface area contributed by atoms with Gasteiger partial charge in [-0.15, -0.1) is 0 Å². The van der Waals surface area contributed by atoms with Gasteiger partial charge in [-0.05, 0) is 76.2 Å². The number of H-pyrrole nitrogens is 2. The Hall–Kier alpha value is -8.68. The number of fused-ring (bicyclic) bond motifs is 24. The molecule has 11 aromatic rings. The van der Waals surface area contributed by atoms with Gasteiger partial charge in [-0.3, -0.25) is 36.5 Å². The van der Waals surface area contributed by atoms with Crippen molar-refractivity contribution in [3.05, 3.63) is 90.5 Å². The lowest BCUT2D eigenvalue weighted by Gasteiger charge is -2.03. The van der Waals surface area contributed by atoms with Crippen LogP contribution in [0.25, 0.3) is 134 Å². The van der Waals surface area contributed by atoms with E-state index in [1.807, 2.05) is 76.2 Å². The average Bonchev–Trinajstić information content (AvgIpc) is 4.20. The van der Waals surface area contributed by atoms with E-state index in [0.29, 0.717) is 138 Å². The number of aromatic nitrogens is 16. The monoisotopic (exact) mass is 906 g/mol. The Morgan fingerprint density at radius 2 is 0.559 bits per heavy atom. The molecule has 7 aromatic heterocycles. The van der Waals surface area contributed by atoms with Crippen LogP contribution >= 0.6 is 0 Å². The number of hydrogen-bond donors (Lipinski definition) is 2. The Morgan fingerprint density at radius 3 is 0.824 bits per heavy atom. The minimum Gasteiger partial charge on any atom is -0.324 e. The van der Waals surface area contributed by atoms with Crippen LogP contribution in [-0.2, 0) is 54.4 Å². The number of imidazole rings is 4. The van der Waals surface area contributed by atoms with Crippen LogP contribution in [0, 0.1) is 0 Å². The molecule has 8 bridgehead atoms. The fourth-order valence-corrected chi connectivity index (χ4v) is 10.6. The number of hydrogen-bond acceptors (Lipinski definition) is 10. The number of nitrogens with one attached hydrogen (secondary N) is 2. The molecule has 0 aliphatic carbocycles. The topological polar surface area (TPSA) is 217 Å². The first-order chi connectivity index (χ1) is 32.8. The van der Waals surface area contributed by atoms with E-state index in [4.69, 9.17) is 29.9 Å². The lowest BCUT2D eigenvalue weighted by atomic mass is 10.1. The van der Waals surface area contributed by atoms with Crippen molar-refractivity contribution in [1.82, 2.24) is 76.4 Å². The lowest BCUT2D eigenvalue weighted by molar-refractivity contribution is 0.712. The molecule has 68 heavy (non-hydrogen) atoms. The predicted octanol–water partition coefficient (Wildman–Crippen LogP) is 5.56. The summed E-state index contributed by atoms with van der Waals surface area (Å²) >= 11 is 0. The second kappa shape index (κ2) is 13.5. The summed E-state index contributed by atoms with van der Waals surface area (Å²) in [5, 5.41) is 2.74. The van der Waals surface area contributed by atoms with Crippen molar-refractivity contribution in [2.45, 2.75) is 53.9 Å². The molecule has 9 heterocycles. The number of nitrogens with zero attached hydrogens (tertiary/aromatic N) is 14. The summed E-state index contributed by atoms with van der Waals surface area (Å²) in [6.45, 7) is 9.55. The summed E-state index contributed by atoms with van der Waals surface area (Å²) in [7, 11) is 7.00. The first kappa shape index (κ1) is 39.7. The Morgan fingerprint density at radius 1 is 0.338 bits per heavy atom. The van der Waals surface area contributed by atoms with Crippen molar-refractivity contribution in [3.8, 4) is 45.6 Å². The Labute approximate surface area is 381 Å². The molecule has 0 atom stereocenters. The first-order valence-electron chi connectivity index (χ1n) is 22.6. The Balaban J connectivity index is 1.25. The molecule has 0 saturated carbocycles. The summed E-state index contributed by atoms with van der Waals surface area (Å²) in [6.07, 6.45) is 0. The van der Waals surface area contributed by atoms with Gasteiger partial charge in [-0.1, -0.05) is 0 Å². The summed E-state index contributed by atoms with van der Waals surface area (Å²) < 4.78 is 13.4. The van der Waals surface area contributed by atoms with Crippen LogP contribution in [0.1, 0.15) is 27.7 Å². The zero-order valence-corrected chi connectivity index (χ0v) is 38.3. The zero-order chi connectivity index (χ0) is 46.9. The van der Waals surface area contributed by atoms with E-state index in [0.717, 1.165) is 22.1 Å². The second-order valence-corrected chi connectivity index (χ2v) is 17.5. The van der Waals surface area contributed by atoms with Crippen molar-refractivity contribution in [3.63, 3.8) is 0 Å². The van der Waals surface area contributed by atoms with Gasteiger partial charge in [-0.25, -0.2) is 49.1 Å². The minimum absolute atomic E-state index is 0.150. The summed E-state index contributed by atoms with van der Waals surface area (Å²) in [5.41, 5.74) is 9.48. The molecule has 2 aliphatic rings. The van der Waals surface area contributed by atoms with Gasteiger partial charge in [0.1, 0.15) is 22.6 Å². The smallest absolute Gasteiger partial charge is 0.324 e. The average molecular weight is 907 g/mol. The summed E-state index contributed by atoms with van der Waals surface area (Å²) in [4.78, 5) is 92.6. The van der Waals surface area contributed by atoms with Gasteiger partial charge in [0.25, 0.3) is 0 Å². The molecule has 20 nitrogen and oxygen atoms in total. The van der Waals surface area contributed by atoms with E-state index in [-0.39, 0.29) is 22.8 Å². The molecule has 0 fully saturated rings. The number of aromatic amines is 2. The molecule has 2 N–H and O–H groups in total. The zero-order valence-electron chi connectivity index (χ0n) is 38.3. The third-order valence-electron chi connectivity index (χ3n) is 14.2. The van der Waals surface area contributed by atoms with Gasteiger partial charge in [0.05, 0.1) is 44.1 Å². The Kier molecular flexibility index (Phi) is 7.85. The fraction of sp³-hybridized carbons (Fsp3) is 0.250. The van der Waals surface area contributed by atoms with Crippen LogP contribution < -0.4 is 22.8 Å². The highest BCUT2D eigenvalue weighted by atomic mass is 16.2. The predicted molar refractivity (Wildman–Crippen MR) is 262 cm³/mol. The van der Waals surface area contributed by atoms with E-state index >= 15 is 0 Å². The fourth-order valence-electron chi connectivity index (χ4n) is 10.6. The molecule has 4 aromatic carbocycles. The molecular formula is C48H42N16O4. The molecule has 0 saturated heterocycles. The molecule has 0 radical (unpaired) electrons. The Bertz CT molecular complexity index is 4590. The van der Waals surface area contributed by atoms with Gasteiger partial charge in [0.15, 0.2) is 23.3 Å². The molecule has 0 amide bonds. The van der Waals surface area contributed by atoms with Crippen LogP contribution in [0.5, 0.6) is 0 Å². The lowest BCUT2D eigenvalue weighted by Crippen LogP contribution is -2.21. The van der Waals surface area contributed by atoms with Crippen molar-refractivity contribution < 1.29 is 0 Å². The standard InChI is InChI=1S/C48H42N16O4/c1-9-61-33-17-25-21(13-29(33)57(5)45(61)65)37-49-38-22-14-30-35(63(11-3)46(66)58(30)6)19-27(22)43(51-38)56-44-28-20-36-32(60(8)48(68)64(36)12-4)16-24(28)40(55-44)54-42-26-18-34-31(59(7)47(67)62(34)10-2)15-23(26)39(53-42)52-41(25)50-37/h13-20H,9-12H2,1-8H3,(H2,49,50,51,52,53,54,55,56). The maximum absolute atomic E-state index is 13.5. The SMILES string of the molecule is CCn1c(=O)n(C)c2cc3c(cc21)-c1nc-3nc2[nH]c(nc3nc(nc4[nH]c(n1)c1cc5c(cc41)n(CC)c(=O)n5C)-c1cc4c(cc1-3)n(C)c(=O)n4CC)c1cc3c(cc21)n(CC)c(=O)n3C. The van der Waals surface area contributed by atoms with Crippen molar-refractivity contribution in [1.29, 1.82) is 0 Å². The van der Waals surface area contributed by atoms with E-state index in [9.17, 15) is 19.2 Å². The highest BCUT2D eigenvalue weighted by molar-refractivity contribution is 6.12. The number of benzene rings is 4. The van der Waals surface area contributed by atoms with E-state index in [1.54, 1.807) is 64.7 Å². The number of aryl methyl sites for hydroxylation is 8. The van der Waals surface area contributed by atoms with Gasteiger partial charge in [0, 0.05) is 98.2 Å². The van der Waals surface area contributed by atoms with Crippen LogP contribution in [0.3, 0.4) is 0 Å². The van der Waals surface area contributed by atoms with E-state index in [2.05, 4.69) is 9.97 Å². The molecule has 0 unspecified atom stereocenters. The highest BCUT2D eigenvalue weighted by Gasteiger charge is 2.27. The van der Waals surface area contributed by atoms with Gasteiger partial charge in [0.2, 0.25) is 0 Å². The normalized spacial score (nSPS) is 12.6. The van der Waals surface area contributed by atoms with Gasteiger partial charge < -0.3 is 9.97 Å². The number of rotatable bonds is 4. The minimum atomic E-state index is -0.151. The van der Waals surface area contributed by atoms with Gasteiger partial charge >= 0.3 is 22.8 Å². The van der Waals surface area contributed by atoms with Gasteiger partial charge in [-0.2, -0.15) is 0 Å². The molecular weight excluding hydrogens is 865 g/mol. The van der Waals surface area contributed by atoms with Crippen LogP contribution in [0.4, 0.5) is 0 Å². The van der Waals surface area contributed by atoms with Crippen molar-refractivity contribution in [2.75, 3.05) is 0 Å². The molecule has 2 aliphatic heterocycles. The van der Waals surface area contributed by atoms with Crippen molar-refractivity contribution >= 4 is 88.3 Å². The van der Waals surface area contributed by atoms with Crippen LogP contribution in [-0.4, -0.2) is 76.4 Å². The molecule has 20 heteroatoms. The third-order valence-corrected chi connectivity index (χ3v) is 14.2. The van der Waals surface area contributed by atoms with E-state index < -0.39 is 0 Å². The molecule has 0 spiro atoms. The van der Waals surface area contributed by atoms with E-state index in [1.165, 1.54) is 0 Å². The second-order valence-electron chi connectivity index (χ2n) is 17.5. The molecule has 338 valence electrons. The largest absolute Gasteiger partial charge is 0.328 e. The summed E-state index contributed by atoms with van der Waals surface area (Å²) in [5.74, 6) is 1.37. The first-order valence-corrected chi connectivity index (χ1v) is 22.6. The highest BCUT2D eigenvalue weighted by Crippen LogP contribution is 2.41. The maximum atomic E-state index is 13.5.